The lowest BCUT2D eigenvalue weighted by atomic mass is 9.89. The molecular formula is C15H18N4OS. The third-order valence-electron chi connectivity index (χ3n) is 4.41. The van der Waals surface area contributed by atoms with Crippen molar-refractivity contribution in [3.8, 4) is 0 Å². The first kappa shape index (κ1) is 13.0. The van der Waals surface area contributed by atoms with Crippen LogP contribution in [0.4, 0.5) is 5.82 Å². The molecule has 1 atom stereocenters. The zero-order valence-electron chi connectivity index (χ0n) is 12.1. The Morgan fingerprint density at radius 3 is 3.19 bits per heavy atom. The first-order valence-electron chi connectivity index (χ1n) is 7.49. The molecule has 0 bridgehead atoms. The van der Waals surface area contributed by atoms with Gasteiger partial charge in [0.1, 0.15) is 17.0 Å². The van der Waals surface area contributed by atoms with Crippen LogP contribution in [0.2, 0.25) is 0 Å². The Labute approximate surface area is 127 Å². The predicted octanol–water partition coefficient (Wildman–Crippen LogP) is 1.75. The van der Waals surface area contributed by atoms with Crippen LogP contribution >= 0.6 is 11.3 Å². The maximum Gasteiger partial charge on any atom is 0.239 e. The van der Waals surface area contributed by atoms with Gasteiger partial charge in [0.05, 0.1) is 11.9 Å². The van der Waals surface area contributed by atoms with Crippen LogP contribution in [0.1, 0.15) is 23.8 Å². The quantitative estimate of drug-likeness (QED) is 0.872. The summed E-state index contributed by atoms with van der Waals surface area (Å²) < 4.78 is 0. The number of hydrogen-bond acceptors (Lipinski definition) is 5. The molecule has 2 aliphatic rings. The van der Waals surface area contributed by atoms with Gasteiger partial charge in [-0.15, -0.1) is 11.3 Å². The monoisotopic (exact) mass is 302 g/mol. The average Bonchev–Trinajstić information content (AvgIpc) is 2.84. The zero-order chi connectivity index (χ0) is 14.4. The van der Waals surface area contributed by atoms with Crippen LogP contribution in [0.15, 0.2) is 6.33 Å². The van der Waals surface area contributed by atoms with E-state index in [9.17, 15) is 4.79 Å². The molecule has 0 aromatic carbocycles. The molecule has 1 aliphatic heterocycles. The van der Waals surface area contributed by atoms with Gasteiger partial charge >= 0.3 is 0 Å². The number of carbonyl (C=O) groups is 1. The largest absolute Gasteiger partial charge is 0.353 e. The number of nitrogens with one attached hydrogen (secondary N) is 1. The Kier molecular flexibility index (Phi) is 3.06. The van der Waals surface area contributed by atoms with Gasteiger partial charge in [0, 0.05) is 18.0 Å². The van der Waals surface area contributed by atoms with Crippen LogP contribution < -0.4 is 10.2 Å². The minimum atomic E-state index is 0.0748. The van der Waals surface area contributed by atoms with Crippen molar-refractivity contribution < 1.29 is 4.79 Å². The maximum absolute atomic E-state index is 11.7. The Bertz CT molecular complexity index is 711. The molecular weight excluding hydrogens is 284 g/mol. The standard InChI is InChI=1S/C15H18N4OS/c1-9-2-3-10-11(6-9)21-15-13(10)14(17-8-18-15)19-5-4-16-12(20)7-19/h8-9H,2-7H2,1H3,(H,16,20)/t9-/m0/s1. The molecule has 21 heavy (non-hydrogen) atoms. The summed E-state index contributed by atoms with van der Waals surface area (Å²) >= 11 is 1.80. The average molecular weight is 302 g/mol. The highest BCUT2D eigenvalue weighted by Gasteiger charge is 2.26. The summed E-state index contributed by atoms with van der Waals surface area (Å²) in [5.74, 6) is 1.77. The van der Waals surface area contributed by atoms with E-state index in [-0.39, 0.29) is 5.91 Å². The van der Waals surface area contributed by atoms with Crippen LogP contribution in [0.25, 0.3) is 10.2 Å². The molecule has 1 aliphatic carbocycles. The van der Waals surface area contributed by atoms with Crippen molar-refractivity contribution in [2.75, 3.05) is 24.5 Å². The van der Waals surface area contributed by atoms with Gasteiger partial charge in [0.2, 0.25) is 5.91 Å². The number of carbonyl (C=O) groups excluding carboxylic acids is 1. The van der Waals surface area contributed by atoms with Crippen LogP contribution in [-0.4, -0.2) is 35.5 Å². The number of amides is 1. The van der Waals surface area contributed by atoms with Crippen molar-refractivity contribution in [2.45, 2.75) is 26.2 Å². The molecule has 1 amide bonds. The smallest absolute Gasteiger partial charge is 0.239 e. The van der Waals surface area contributed by atoms with E-state index in [1.807, 2.05) is 0 Å². The van der Waals surface area contributed by atoms with Crippen molar-refractivity contribution in [1.82, 2.24) is 15.3 Å². The lowest BCUT2D eigenvalue weighted by Crippen LogP contribution is -2.48. The van der Waals surface area contributed by atoms with Crippen molar-refractivity contribution in [3.63, 3.8) is 0 Å². The van der Waals surface area contributed by atoms with Gasteiger partial charge in [-0.05, 0) is 30.7 Å². The SMILES string of the molecule is C[C@H]1CCc2c(sc3ncnc(N4CCNC(=O)C4)c23)C1. The van der Waals surface area contributed by atoms with Crippen molar-refractivity contribution >= 4 is 33.3 Å². The van der Waals surface area contributed by atoms with E-state index in [2.05, 4.69) is 27.1 Å². The van der Waals surface area contributed by atoms with Gasteiger partial charge in [-0.3, -0.25) is 4.79 Å². The molecule has 1 fully saturated rings. The normalized spacial score (nSPS) is 22.2. The van der Waals surface area contributed by atoms with Gasteiger partial charge < -0.3 is 10.2 Å². The number of thiophene rings is 1. The van der Waals surface area contributed by atoms with Crippen molar-refractivity contribution in [2.24, 2.45) is 5.92 Å². The fourth-order valence-corrected chi connectivity index (χ4v) is 4.66. The van der Waals surface area contributed by atoms with Gasteiger partial charge in [-0.25, -0.2) is 9.97 Å². The number of aromatic nitrogens is 2. The van der Waals surface area contributed by atoms with Crippen molar-refractivity contribution in [3.05, 3.63) is 16.8 Å². The second-order valence-corrected chi connectivity index (χ2v) is 7.08. The Morgan fingerprint density at radius 1 is 1.43 bits per heavy atom. The van der Waals surface area contributed by atoms with E-state index in [0.29, 0.717) is 13.1 Å². The fourth-order valence-electron chi connectivity index (χ4n) is 3.32. The van der Waals surface area contributed by atoms with Gasteiger partial charge in [0.25, 0.3) is 0 Å². The van der Waals surface area contributed by atoms with Crippen LogP contribution in [0.5, 0.6) is 0 Å². The highest BCUT2D eigenvalue weighted by Crippen LogP contribution is 2.40. The zero-order valence-corrected chi connectivity index (χ0v) is 12.9. The molecule has 1 saturated heterocycles. The summed E-state index contributed by atoms with van der Waals surface area (Å²) in [6.45, 7) is 4.22. The molecule has 0 unspecified atom stereocenters. The molecule has 6 heteroatoms. The third kappa shape index (κ3) is 2.18. The number of nitrogens with zero attached hydrogens (tertiary/aromatic N) is 3. The maximum atomic E-state index is 11.7. The van der Waals surface area contributed by atoms with Crippen LogP contribution in [0.3, 0.4) is 0 Å². The van der Waals surface area contributed by atoms with E-state index in [0.717, 1.165) is 36.0 Å². The number of anilines is 1. The lowest BCUT2D eigenvalue weighted by Gasteiger charge is -2.28. The second kappa shape index (κ2) is 4.94. The summed E-state index contributed by atoms with van der Waals surface area (Å²) in [6, 6.07) is 0. The van der Waals surface area contributed by atoms with E-state index >= 15 is 0 Å². The number of fused-ring (bicyclic) bond motifs is 3. The molecule has 0 saturated carbocycles. The summed E-state index contributed by atoms with van der Waals surface area (Å²) in [7, 11) is 0. The van der Waals surface area contributed by atoms with Gasteiger partial charge in [-0.2, -0.15) is 0 Å². The molecule has 3 heterocycles. The fraction of sp³-hybridized carbons (Fsp3) is 0.533. The molecule has 5 nitrogen and oxygen atoms in total. The minimum absolute atomic E-state index is 0.0748. The Balaban J connectivity index is 1.84. The first-order valence-corrected chi connectivity index (χ1v) is 8.31. The highest BCUT2D eigenvalue weighted by atomic mass is 32.1. The predicted molar refractivity (Wildman–Crippen MR) is 83.8 cm³/mol. The van der Waals surface area contributed by atoms with Crippen LogP contribution in [-0.2, 0) is 17.6 Å². The number of rotatable bonds is 1. The summed E-state index contributed by atoms with van der Waals surface area (Å²) in [6.07, 6.45) is 5.12. The van der Waals surface area contributed by atoms with E-state index < -0.39 is 0 Å². The van der Waals surface area contributed by atoms with Gasteiger partial charge in [0.15, 0.2) is 0 Å². The van der Waals surface area contributed by atoms with Crippen molar-refractivity contribution in [1.29, 1.82) is 0 Å². The summed E-state index contributed by atoms with van der Waals surface area (Å²) in [5.41, 5.74) is 1.43. The third-order valence-corrected chi connectivity index (χ3v) is 5.57. The van der Waals surface area contributed by atoms with Gasteiger partial charge in [-0.1, -0.05) is 6.92 Å². The molecule has 2 aromatic rings. The number of piperazine rings is 1. The number of hydrogen-bond donors (Lipinski definition) is 1. The molecule has 0 spiro atoms. The van der Waals surface area contributed by atoms with Crippen LogP contribution in [0, 0.1) is 5.92 Å². The van der Waals surface area contributed by atoms with E-state index in [4.69, 9.17) is 0 Å². The molecule has 110 valence electrons. The highest BCUT2D eigenvalue weighted by molar-refractivity contribution is 7.19. The molecule has 2 aromatic heterocycles. The lowest BCUT2D eigenvalue weighted by molar-refractivity contribution is -0.120. The molecule has 4 rings (SSSR count). The minimum Gasteiger partial charge on any atom is -0.353 e. The first-order chi connectivity index (χ1) is 10.2. The molecule has 0 radical (unpaired) electrons. The number of aryl methyl sites for hydroxylation is 1. The van der Waals surface area contributed by atoms with E-state index in [1.54, 1.807) is 17.7 Å². The molecule has 1 N–H and O–H groups in total. The second-order valence-electron chi connectivity index (χ2n) is 6.00. The Hall–Kier alpha value is -1.69. The Morgan fingerprint density at radius 2 is 2.33 bits per heavy atom. The summed E-state index contributed by atoms with van der Waals surface area (Å²) in [4.78, 5) is 25.3. The summed E-state index contributed by atoms with van der Waals surface area (Å²) in [5, 5.41) is 4.06. The topological polar surface area (TPSA) is 58.1 Å². The van der Waals surface area contributed by atoms with E-state index in [1.165, 1.54) is 22.2 Å².